The van der Waals surface area contributed by atoms with Gasteiger partial charge >= 0.3 is 0 Å². The van der Waals surface area contributed by atoms with Gasteiger partial charge in [-0.2, -0.15) is 0 Å². The average molecular weight is 402 g/mol. The van der Waals surface area contributed by atoms with Crippen LogP contribution in [0, 0.1) is 13.8 Å². The minimum atomic E-state index is -0.716. The number of carbonyl (C=O) groups excluding carboxylic acids is 2. The highest BCUT2D eigenvalue weighted by Gasteiger charge is 2.20. The fraction of sp³-hybridized carbons (Fsp3) is 0.200. The Labute approximate surface area is 177 Å². The number of nitrogens with one attached hydrogen (secondary N) is 2. The van der Waals surface area contributed by atoms with Crippen LogP contribution in [0.25, 0.3) is 0 Å². The van der Waals surface area contributed by atoms with E-state index in [4.69, 9.17) is 4.74 Å². The van der Waals surface area contributed by atoms with Gasteiger partial charge in [-0.15, -0.1) is 0 Å². The van der Waals surface area contributed by atoms with Crippen molar-refractivity contribution in [2.24, 2.45) is 0 Å². The molecular weight excluding hydrogens is 376 g/mol. The van der Waals surface area contributed by atoms with Gasteiger partial charge in [0, 0.05) is 11.1 Å². The second kappa shape index (κ2) is 9.74. The van der Waals surface area contributed by atoms with E-state index in [0.717, 1.165) is 16.7 Å². The van der Waals surface area contributed by atoms with Crippen molar-refractivity contribution in [3.63, 3.8) is 0 Å². The number of hydrogen-bond donors (Lipinski definition) is 2. The third kappa shape index (κ3) is 5.47. The van der Waals surface area contributed by atoms with E-state index in [2.05, 4.69) is 10.6 Å². The van der Waals surface area contributed by atoms with Gasteiger partial charge in [0.25, 0.3) is 11.8 Å². The molecule has 0 saturated carbocycles. The summed E-state index contributed by atoms with van der Waals surface area (Å²) in [7, 11) is 0. The number of benzene rings is 3. The molecule has 30 heavy (non-hydrogen) atoms. The number of carbonyl (C=O) groups is 2. The molecule has 0 fully saturated rings. The predicted octanol–water partition coefficient (Wildman–Crippen LogP) is 4.56. The molecule has 2 amide bonds. The normalized spacial score (nSPS) is 10.5. The molecule has 0 aliphatic heterocycles. The molecule has 0 aliphatic carbocycles. The van der Waals surface area contributed by atoms with Crippen LogP contribution in [0.15, 0.2) is 72.8 Å². The third-order valence-electron chi connectivity index (χ3n) is 4.61. The molecule has 0 heterocycles. The van der Waals surface area contributed by atoms with Gasteiger partial charge in [0.15, 0.2) is 0 Å². The van der Waals surface area contributed by atoms with Crippen molar-refractivity contribution in [3.8, 4) is 5.75 Å². The second-order valence-electron chi connectivity index (χ2n) is 7.12. The van der Waals surface area contributed by atoms with E-state index in [0.29, 0.717) is 23.5 Å². The zero-order valence-electron chi connectivity index (χ0n) is 17.4. The molecule has 0 bridgehead atoms. The summed E-state index contributed by atoms with van der Waals surface area (Å²) >= 11 is 0. The van der Waals surface area contributed by atoms with Crippen LogP contribution in [-0.2, 0) is 0 Å². The maximum atomic E-state index is 12.9. The third-order valence-corrected chi connectivity index (χ3v) is 4.61. The van der Waals surface area contributed by atoms with Gasteiger partial charge in [-0.1, -0.05) is 47.5 Å². The van der Waals surface area contributed by atoms with E-state index < -0.39 is 6.17 Å². The first-order valence-electron chi connectivity index (χ1n) is 9.94. The molecule has 3 aromatic carbocycles. The first-order chi connectivity index (χ1) is 14.5. The molecule has 0 aliphatic rings. The highest BCUT2D eigenvalue weighted by Crippen LogP contribution is 2.19. The van der Waals surface area contributed by atoms with Crippen LogP contribution in [0.4, 0.5) is 0 Å². The molecule has 3 rings (SSSR count). The van der Waals surface area contributed by atoms with Crippen LogP contribution >= 0.6 is 0 Å². The number of rotatable bonds is 7. The summed E-state index contributed by atoms with van der Waals surface area (Å²) in [5.74, 6) is 0.139. The lowest BCUT2D eigenvalue weighted by Crippen LogP contribution is -2.41. The van der Waals surface area contributed by atoms with Gasteiger partial charge in [0.2, 0.25) is 0 Å². The van der Waals surface area contributed by atoms with E-state index >= 15 is 0 Å². The standard InChI is InChI=1S/C25H26N2O3/c1-4-30-22-13-7-10-19(16-22)23(26-24(28)20-11-5-8-17(2)14-20)27-25(29)21-12-6-9-18(3)15-21/h5-16,23H,4H2,1-3H3,(H,26,28)(H,27,29). The quantitative estimate of drug-likeness (QED) is 0.569. The molecule has 5 heteroatoms. The number of ether oxygens (including phenoxy) is 1. The zero-order chi connectivity index (χ0) is 21.5. The van der Waals surface area contributed by atoms with Crippen molar-refractivity contribution in [2.45, 2.75) is 26.9 Å². The number of amides is 2. The Morgan fingerprint density at radius 1 is 0.800 bits per heavy atom. The molecule has 154 valence electrons. The van der Waals surface area contributed by atoms with Gasteiger partial charge in [-0.3, -0.25) is 9.59 Å². The van der Waals surface area contributed by atoms with Gasteiger partial charge in [-0.25, -0.2) is 0 Å². The Bertz CT molecular complexity index is 986. The Hall–Kier alpha value is -3.60. The summed E-state index contributed by atoms with van der Waals surface area (Å²) in [6, 6.07) is 22.0. The maximum absolute atomic E-state index is 12.9. The monoisotopic (exact) mass is 402 g/mol. The summed E-state index contributed by atoms with van der Waals surface area (Å²) in [5.41, 5.74) is 3.77. The SMILES string of the molecule is CCOc1cccc(C(NC(=O)c2cccc(C)c2)NC(=O)c2cccc(C)c2)c1. The molecule has 0 radical (unpaired) electrons. The molecule has 0 spiro atoms. The van der Waals surface area contributed by atoms with E-state index in [-0.39, 0.29) is 11.8 Å². The minimum Gasteiger partial charge on any atom is -0.494 e. The lowest BCUT2D eigenvalue weighted by molar-refractivity contribution is 0.0883. The highest BCUT2D eigenvalue weighted by molar-refractivity contribution is 5.97. The van der Waals surface area contributed by atoms with Crippen LogP contribution in [0.1, 0.15) is 50.5 Å². The van der Waals surface area contributed by atoms with Gasteiger partial charge in [-0.05, 0) is 62.7 Å². The Morgan fingerprint density at radius 3 is 1.83 bits per heavy atom. The first kappa shape index (κ1) is 21.1. The van der Waals surface area contributed by atoms with E-state index in [1.54, 1.807) is 12.1 Å². The van der Waals surface area contributed by atoms with Crippen molar-refractivity contribution in [1.82, 2.24) is 10.6 Å². The van der Waals surface area contributed by atoms with Crippen LogP contribution in [0.5, 0.6) is 5.75 Å². The molecular formula is C25H26N2O3. The molecule has 5 nitrogen and oxygen atoms in total. The fourth-order valence-corrected chi connectivity index (χ4v) is 3.15. The summed E-state index contributed by atoms with van der Waals surface area (Å²) in [6.45, 7) is 6.29. The van der Waals surface area contributed by atoms with E-state index in [1.165, 1.54) is 0 Å². The van der Waals surface area contributed by atoms with E-state index in [9.17, 15) is 9.59 Å². The topological polar surface area (TPSA) is 67.4 Å². The number of hydrogen-bond acceptors (Lipinski definition) is 3. The summed E-state index contributed by atoms with van der Waals surface area (Å²) in [6.07, 6.45) is -0.716. The molecule has 2 N–H and O–H groups in total. The molecule has 0 unspecified atom stereocenters. The smallest absolute Gasteiger partial charge is 0.253 e. The summed E-state index contributed by atoms with van der Waals surface area (Å²) < 4.78 is 5.58. The largest absolute Gasteiger partial charge is 0.494 e. The van der Waals surface area contributed by atoms with E-state index in [1.807, 2.05) is 81.4 Å². The average Bonchev–Trinajstić information content (AvgIpc) is 2.73. The molecule has 0 saturated heterocycles. The summed E-state index contributed by atoms with van der Waals surface area (Å²) in [5, 5.41) is 5.87. The Morgan fingerprint density at radius 2 is 1.33 bits per heavy atom. The van der Waals surface area contributed by atoms with Crippen LogP contribution < -0.4 is 15.4 Å². The van der Waals surface area contributed by atoms with Crippen molar-refractivity contribution in [2.75, 3.05) is 6.61 Å². The van der Waals surface area contributed by atoms with Gasteiger partial charge in [0.1, 0.15) is 11.9 Å². The second-order valence-corrected chi connectivity index (χ2v) is 7.12. The molecule has 3 aromatic rings. The minimum absolute atomic E-state index is 0.268. The van der Waals surface area contributed by atoms with Gasteiger partial charge < -0.3 is 15.4 Å². The lowest BCUT2D eigenvalue weighted by Gasteiger charge is -2.22. The van der Waals surface area contributed by atoms with Crippen molar-refractivity contribution in [1.29, 1.82) is 0 Å². The van der Waals surface area contributed by atoms with Crippen LogP contribution in [0.3, 0.4) is 0 Å². The van der Waals surface area contributed by atoms with Crippen LogP contribution in [-0.4, -0.2) is 18.4 Å². The number of aryl methyl sites for hydroxylation is 2. The maximum Gasteiger partial charge on any atom is 0.253 e. The fourth-order valence-electron chi connectivity index (χ4n) is 3.15. The predicted molar refractivity (Wildman–Crippen MR) is 118 cm³/mol. The van der Waals surface area contributed by atoms with Crippen molar-refractivity contribution >= 4 is 11.8 Å². The molecule has 0 aromatic heterocycles. The van der Waals surface area contributed by atoms with Crippen LogP contribution in [0.2, 0.25) is 0 Å². The highest BCUT2D eigenvalue weighted by atomic mass is 16.5. The lowest BCUT2D eigenvalue weighted by atomic mass is 10.1. The van der Waals surface area contributed by atoms with Gasteiger partial charge in [0.05, 0.1) is 6.61 Å². The summed E-state index contributed by atoms with van der Waals surface area (Å²) in [4.78, 5) is 25.7. The van der Waals surface area contributed by atoms with Crippen molar-refractivity contribution in [3.05, 3.63) is 101 Å². The van der Waals surface area contributed by atoms with Crippen molar-refractivity contribution < 1.29 is 14.3 Å². The Balaban J connectivity index is 1.88. The first-order valence-corrected chi connectivity index (χ1v) is 9.94. The Kier molecular flexibility index (Phi) is 6.86. The zero-order valence-corrected chi connectivity index (χ0v) is 17.4. The molecule has 0 atom stereocenters.